The van der Waals surface area contributed by atoms with Crippen molar-refractivity contribution in [2.24, 2.45) is 5.92 Å². The van der Waals surface area contributed by atoms with Gasteiger partial charge < -0.3 is 5.32 Å². The number of halogens is 1. The maximum atomic E-state index is 12.9. The zero-order valence-corrected chi connectivity index (χ0v) is 12.3. The minimum atomic E-state index is -0.803. The molecule has 2 amide bonds. The number of benzene rings is 1. The number of rotatable bonds is 2. The van der Waals surface area contributed by atoms with Gasteiger partial charge in [0.15, 0.2) is 0 Å². The lowest BCUT2D eigenvalue weighted by Crippen LogP contribution is -2.70. The number of carbonyl (C=O) groups excluding carboxylic acids is 2. The first kappa shape index (κ1) is 13.4. The second-order valence-electron chi connectivity index (χ2n) is 5.77. The zero-order chi connectivity index (χ0) is 14.5. The fourth-order valence-electron chi connectivity index (χ4n) is 2.86. The number of hydrogen-bond donors (Lipinski definition) is 1. The molecule has 20 heavy (non-hydrogen) atoms. The Labute approximate surface area is 123 Å². The van der Waals surface area contributed by atoms with E-state index in [9.17, 15) is 9.59 Å². The molecule has 1 aromatic carbocycles. The minimum Gasteiger partial charge on any atom is -0.340 e. The van der Waals surface area contributed by atoms with Crippen LogP contribution >= 0.6 is 11.6 Å². The van der Waals surface area contributed by atoms with Crippen molar-refractivity contribution in [1.82, 2.24) is 5.32 Å². The lowest BCUT2D eigenvalue weighted by Gasteiger charge is -2.43. The third-order valence-corrected chi connectivity index (χ3v) is 4.64. The summed E-state index contributed by atoms with van der Waals surface area (Å²) in [7, 11) is 0. The van der Waals surface area contributed by atoms with Gasteiger partial charge in [-0.3, -0.25) is 14.5 Å². The van der Waals surface area contributed by atoms with Crippen LogP contribution < -0.4 is 10.2 Å². The Balaban J connectivity index is 2.05. The van der Waals surface area contributed by atoms with Crippen molar-refractivity contribution in [1.29, 1.82) is 0 Å². The van der Waals surface area contributed by atoms with E-state index in [-0.39, 0.29) is 17.7 Å². The molecular weight excluding hydrogens is 276 g/mol. The van der Waals surface area contributed by atoms with Gasteiger partial charge in [0.05, 0.1) is 10.7 Å². The van der Waals surface area contributed by atoms with Gasteiger partial charge in [-0.25, -0.2) is 0 Å². The molecular formula is C15H17ClN2O2. The van der Waals surface area contributed by atoms with Gasteiger partial charge in [-0.05, 0) is 44.7 Å². The van der Waals surface area contributed by atoms with Crippen molar-refractivity contribution >= 4 is 29.1 Å². The Morgan fingerprint density at radius 2 is 1.95 bits per heavy atom. The quantitative estimate of drug-likeness (QED) is 0.910. The van der Waals surface area contributed by atoms with Crippen molar-refractivity contribution < 1.29 is 9.59 Å². The maximum Gasteiger partial charge on any atom is 0.253 e. The van der Waals surface area contributed by atoms with E-state index in [4.69, 9.17) is 11.6 Å². The molecule has 1 N–H and O–H groups in total. The monoisotopic (exact) mass is 292 g/mol. The Morgan fingerprint density at radius 3 is 2.55 bits per heavy atom. The first-order valence-corrected chi connectivity index (χ1v) is 7.23. The van der Waals surface area contributed by atoms with E-state index in [0.717, 1.165) is 12.8 Å². The minimum absolute atomic E-state index is 0.0693. The van der Waals surface area contributed by atoms with Gasteiger partial charge in [-0.2, -0.15) is 0 Å². The summed E-state index contributed by atoms with van der Waals surface area (Å²) < 4.78 is 0. The average Bonchev–Trinajstić information content (AvgIpc) is 3.24. The third-order valence-electron chi connectivity index (χ3n) is 4.32. The Kier molecular flexibility index (Phi) is 3.01. The summed E-state index contributed by atoms with van der Waals surface area (Å²) in [4.78, 5) is 26.7. The summed E-state index contributed by atoms with van der Waals surface area (Å²) in [5.41, 5.74) is -0.198. The van der Waals surface area contributed by atoms with Crippen LogP contribution in [0.25, 0.3) is 0 Å². The molecule has 2 fully saturated rings. The van der Waals surface area contributed by atoms with Crippen LogP contribution in [-0.4, -0.2) is 23.4 Å². The second-order valence-corrected chi connectivity index (χ2v) is 6.18. The first-order valence-electron chi connectivity index (χ1n) is 6.85. The van der Waals surface area contributed by atoms with Gasteiger partial charge in [0.1, 0.15) is 11.6 Å². The number of carbonyl (C=O) groups is 2. The summed E-state index contributed by atoms with van der Waals surface area (Å²) in [6, 6.07) is 6.60. The number of nitrogens with one attached hydrogen (secondary N) is 1. The first-order chi connectivity index (χ1) is 9.45. The van der Waals surface area contributed by atoms with Crippen molar-refractivity contribution in [3.8, 4) is 0 Å². The van der Waals surface area contributed by atoms with Crippen molar-refractivity contribution in [2.75, 3.05) is 4.90 Å². The van der Waals surface area contributed by atoms with Crippen LogP contribution in [0.4, 0.5) is 5.69 Å². The molecule has 0 aromatic heterocycles. The normalized spacial score (nSPS) is 30.4. The fourth-order valence-corrected chi connectivity index (χ4v) is 3.09. The van der Waals surface area contributed by atoms with Gasteiger partial charge >= 0.3 is 0 Å². The molecule has 106 valence electrons. The van der Waals surface area contributed by atoms with E-state index in [1.165, 1.54) is 0 Å². The molecule has 1 aliphatic heterocycles. The predicted molar refractivity (Wildman–Crippen MR) is 77.7 cm³/mol. The summed E-state index contributed by atoms with van der Waals surface area (Å²) in [5.74, 6) is 0.0376. The highest BCUT2D eigenvalue weighted by Crippen LogP contribution is 2.43. The molecule has 1 aliphatic carbocycles. The lowest BCUT2D eigenvalue weighted by molar-refractivity contribution is -0.138. The molecule has 1 aromatic rings. The highest BCUT2D eigenvalue weighted by Gasteiger charge is 2.55. The maximum absolute atomic E-state index is 12.9. The Hall–Kier alpha value is -1.55. The molecule has 2 unspecified atom stereocenters. The fraction of sp³-hybridized carbons (Fsp3) is 0.467. The van der Waals surface area contributed by atoms with Crippen LogP contribution in [0.3, 0.4) is 0 Å². The van der Waals surface area contributed by atoms with Crippen molar-refractivity contribution in [3.63, 3.8) is 0 Å². The largest absolute Gasteiger partial charge is 0.340 e. The molecule has 0 spiro atoms. The van der Waals surface area contributed by atoms with E-state index >= 15 is 0 Å². The van der Waals surface area contributed by atoms with Crippen LogP contribution in [0.2, 0.25) is 5.02 Å². The molecule has 2 aliphatic rings. The highest BCUT2D eigenvalue weighted by molar-refractivity contribution is 6.34. The summed E-state index contributed by atoms with van der Waals surface area (Å²) >= 11 is 6.20. The molecule has 0 radical (unpaired) electrons. The van der Waals surface area contributed by atoms with Gasteiger partial charge in [-0.15, -0.1) is 0 Å². The second kappa shape index (κ2) is 4.48. The summed E-state index contributed by atoms with van der Waals surface area (Å²) in [5, 5.41) is 3.39. The SMILES string of the molecule is CC1C(=O)NC(C)(C2CC2)C(=O)N1c1ccccc1Cl. The molecule has 1 saturated carbocycles. The molecule has 3 rings (SSSR count). The molecule has 1 saturated heterocycles. The molecule has 1 heterocycles. The smallest absolute Gasteiger partial charge is 0.253 e. The molecule has 0 bridgehead atoms. The van der Waals surface area contributed by atoms with E-state index < -0.39 is 11.6 Å². The zero-order valence-electron chi connectivity index (χ0n) is 11.5. The van der Waals surface area contributed by atoms with Crippen molar-refractivity contribution in [2.45, 2.75) is 38.3 Å². The van der Waals surface area contributed by atoms with E-state index in [1.54, 1.807) is 24.0 Å². The molecule has 5 heteroatoms. The Morgan fingerprint density at radius 1 is 1.30 bits per heavy atom. The van der Waals surface area contributed by atoms with E-state index in [0.29, 0.717) is 10.7 Å². The average molecular weight is 293 g/mol. The topological polar surface area (TPSA) is 49.4 Å². The van der Waals surface area contributed by atoms with Crippen LogP contribution in [-0.2, 0) is 9.59 Å². The number of amides is 2. The predicted octanol–water partition coefficient (Wildman–Crippen LogP) is 2.36. The van der Waals surface area contributed by atoms with Gasteiger partial charge in [0.25, 0.3) is 5.91 Å². The number of para-hydroxylation sites is 1. The number of anilines is 1. The van der Waals surface area contributed by atoms with E-state index in [1.807, 2.05) is 19.1 Å². The number of piperazine rings is 1. The number of nitrogens with zero attached hydrogens (tertiary/aromatic N) is 1. The van der Waals surface area contributed by atoms with Gasteiger partial charge in [-0.1, -0.05) is 23.7 Å². The van der Waals surface area contributed by atoms with Crippen molar-refractivity contribution in [3.05, 3.63) is 29.3 Å². The van der Waals surface area contributed by atoms with Crippen LogP contribution in [0.15, 0.2) is 24.3 Å². The number of hydrogen-bond acceptors (Lipinski definition) is 2. The van der Waals surface area contributed by atoms with E-state index in [2.05, 4.69) is 5.32 Å². The summed E-state index contributed by atoms with van der Waals surface area (Å²) in [6.07, 6.45) is 1.96. The van der Waals surface area contributed by atoms with Crippen LogP contribution in [0.1, 0.15) is 26.7 Å². The van der Waals surface area contributed by atoms with Gasteiger partial charge in [0.2, 0.25) is 5.91 Å². The van der Waals surface area contributed by atoms with Crippen LogP contribution in [0.5, 0.6) is 0 Å². The molecule has 2 atom stereocenters. The lowest BCUT2D eigenvalue weighted by atomic mass is 9.89. The third kappa shape index (κ3) is 1.90. The highest BCUT2D eigenvalue weighted by atomic mass is 35.5. The molecule has 4 nitrogen and oxygen atoms in total. The summed E-state index contributed by atoms with van der Waals surface area (Å²) in [6.45, 7) is 3.55. The Bertz CT molecular complexity index is 585. The standard InChI is InChI=1S/C15H17ClN2O2/c1-9-13(19)17-15(2,10-7-8-10)14(20)18(9)12-6-4-3-5-11(12)16/h3-6,9-10H,7-8H2,1-2H3,(H,17,19). The van der Waals surface area contributed by atoms with Gasteiger partial charge in [0, 0.05) is 0 Å². The van der Waals surface area contributed by atoms with Crippen LogP contribution in [0, 0.1) is 5.92 Å².